The monoisotopic (exact) mass is 1360 g/mol. The van der Waals surface area contributed by atoms with Gasteiger partial charge < -0.3 is 52.1 Å². The Labute approximate surface area is 581 Å². The molecular formula is C79H134N6O12. The van der Waals surface area contributed by atoms with E-state index in [1.807, 2.05) is 0 Å². The van der Waals surface area contributed by atoms with Crippen molar-refractivity contribution >= 4 is 17.8 Å². The molecule has 9 unspecified atom stereocenters. The summed E-state index contributed by atoms with van der Waals surface area (Å²) in [4.78, 5) is 30.3. The first kappa shape index (κ1) is 74.9. The number of ether oxygens (including phenoxy) is 1. The van der Waals surface area contributed by atoms with Gasteiger partial charge in [0, 0.05) is 19.3 Å². The van der Waals surface area contributed by atoms with E-state index >= 15 is 0 Å². The van der Waals surface area contributed by atoms with Gasteiger partial charge >= 0.3 is 11.9 Å². The van der Waals surface area contributed by atoms with Crippen molar-refractivity contribution in [3.63, 3.8) is 0 Å². The zero-order valence-corrected chi connectivity index (χ0v) is 62.1. The molecule has 0 amide bonds. The van der Waals surface area contributed by atoms with Gasteiger partial charge in [0.05, 0.1) is 43.2 Å². The van der Waals surface area contributed by atoms with Crippen molar-refractivity contribution in [3.05, 3.63) is 16.4 Å². The van der Waals surface area contributed by atoms with Crippen molar-refractivity contribution in [2.45, 2.75) is 300 Å². The maximum atomic E-state index is 11.8. The fourth-order valence-electron chi connectivity index (χ4n) is 28.9. The summed E-state index contributed by atoms with van der Waals surface area (Å²) in [7, 11) is 0. The van der Waals surface area contributed by atoms with E-state index in [1.165, 1.54) is 57.8 Å². The van der Waals surface area contributed by atoms with Crippen LogP contribution in [-0.2, 0) is 16.0 Å². The molecule has 12 N–H and O–H groups in total. The molecule has 97 heavy (non-hydrogen) atoms. The quantitative estimate of drug-likeness (QED) is 0.0207. The minimum Gasteiger partial charge on any atom is -0.433 e. The van der Waals surface area contributed by atoms with Crippen LogP contribution in [0.3, 0.4) is 0 Å². The Morgan fingerprint density at radius 2 is 0.856 bits per heavy atom. The highest BCUT2D eigenvalue weighted by Crippen LogP contribution is 2.73. The fraction of sp³-hybridized carbons (Fsp3) is 0.937. The molecule has 33 atom stereocenters. The molecule has 13 rings (SSSR count). The molecule has 12 aliphatic carbocycles. The van der Waals surface area contributed by atoms with Crippen molar-refractivity contribution in [1.29, 1.82) is 0 Å². The number of aliphatic hydroxyl groups is 6. The van der Waals surface area contributed by atoms with Gasteiger partial charge in [-0.15, -0.1) is 0 Å². The van der Waals surface area contributed by atoms with E-state index in [-0.39, 0.29) is 81.6 Å². The molecule has 0 saturated heterocycles. The third-order valence-corrected chi connectivity index (χ3v) is 33.1. The number of rotatable bonds is 14. The van der Waals surface area contributed by atoms with Crippen LogP contribution in [0.2, 0.25) is 0 Å². The first-order chi connectivity index (χ1) is 45.9. The Hall–Kier alpha value is -3.29. The molecule has 18 heteroatoms. The van der Waals surface area contributed by atoms with Crippen molar-refractivity contribution in [1.82, 2.24) is 10.1 Å². The summed E-state index contributed by atoms with van der Waals surface area (Å²) < 4.78 is 9.48. The van der Waals surface area contributed by atoms with Gasteiger partial charge in [0.15, 0.2) is 5.82 Å². The standard InChI is InChI=1S/C28H48N2O5.C26H42N2O4.C25H44N2O3/c1-6-18-22-15-17(31)10-12-28(22,5)21-11-13-27(4)19(8-9-20(27)24(21)25(18)32)16(3)14-23(29)30-35-26(33)34-7-2;1-5-16-20-13-15(29)8-10-26(20,4)19-9-11-25(3)17(6-7-18(25)22(19)23(16)30)14(2)12-21-27-24(31)32-28-21;1-5-16-20-13-15(28)8-10-25(20,4)19-9-11-24(3)17(14(2)12-21(26)27-30)6-7-18(24)22(19)23(16)29/h16-22,24-25,31-32H,6-15H2,1-5H3,(H2,29,30);14-20,22-23,29-30H,5-13H2,1-4H3,(H,27,28,31);14-20,22-23,28-30H,5-13H2,1-4H3,(H2,26,27)/t16-,17-,18-,19-,20?,21?,22+,24?,25-,27-,28-;14-,15-,16-,17-,18?,19?,20+,22?,23-,25-,26-;14-,15-,16-,17-,18?,19?,20+,22?,23-,24-,25-/m111/s1. The van der Waals surface area contributed by atoms with Crippen LogP contribution in [0, 0.1) is 157 Å². The number of nitrogens with two attached hydrogens (primary N) is 2. The molecule has 18 nitrogen and oxygen atoms in total. The van der Waals surface area contributed by atoms with Crippen molar-refractivity contribution in [2.24, 2.45) is 179 Å². The second-order valence-corrected chi connectivity index (χ2v) is 36.9. The lowest BCUT2D eigenvalue weighted by atomic mass is 9.41. The van der Waals surface area contributed by atoms with Crippen molar-refractivity contribution in [3.8, 4) is 0 Å². The first-order valence-corrected chi connectivity index (χ1v) is 39.7. The van der Waals surface area contributed by atoms with E-state index in [9.17, 15) is 40.2 Å². The maximum absolute atomic E-state index is 11.8. The molecular weight excluding hydrogens is 1220 g/mol. The molecule has 552 valence electrons. The lowest BCUT2D eigenvalue weighted by Gasteiger charge is -2.64. The van der Waals surface area contributed by atoms with Crippen LogP contribution in [-0.4, -0.2) is 107 Å². The van der Waals surface area contributed by atoms with E-state index in [2.05, 4.69) is 104 Å². The number of nitrogens with zero attached hydrogens (tertiary/aromatic N) is 3. The molecule has 1 aromatic rings. The highest BCUT2D eigenvalue weighted by Gasteiger charge is 2.69. The number of H-pyrrole nitrogens is 1. The van der Waals surface area contributed by atoms with E-state index in [1.54, 1.807) is 6.92 Å². The number of hydrogen-bond acceptors (Lipinski definition) is 15. The Bertz CT molecular complexity index is 2960. The zero-order valence-electron chi connectivity index (χ0n) is 62.1. The molecule has 0 bridgehead atoms. The van der Waals surface area contributed by atoms with Gasteiger partial charge in [-0.1, -0.05) is 118 Å². The van der Waals surface area contributed by atoms with Crippen LogP contribution in [0.5, 0.6) is 0 Å². The number of aromatic amines is 1. The normalized spacial score (nSPS) is 49.1. The summed E-state index contributed by atoms with van der Waals surface area (Å²) in [6, 6.07) is 0. The largest absolute Gasteiger partial charge is 0.535 e. The summed E-state index contributed by atoms with van der Waals surface area (Å²) in [5, 5.41) is 86.6. The predicted molar refractivity (Wildman–Crippen MR) is 376 cm³/mol. The molecule has 0 radical (unpaired) electrons. The van der Waals surface area contributed by atoms with E-state index < -0.39 is 11.9 Å². The molecule has 12 saturated carbocycles. The average molecular weight is 1360 g/mol. The molecule has 1 aromatic heterocycles. The summed E-state index contributed by atoms with van der Waals surface area (Å²) in [6.07, 6.45) is 25.6. The smallest absolute Gasteiger partial charge is 0.433 e. The van der Waals surface area contributed by atoms with Crippen molar-refractivity contribution < 1.29 is 54.7 Å². The molecule has 0 spiro atoms. The minimum atomic E-state index is -0.826. The molecule has 12 aliphatic rings. The number of hydrogen-bond donors (Lipinski definition) is 10. The fourth-order valence-corrected chi connectivity index (χ4v) is 28.9. The topological polar surface area (TPSA) is 313 Å². The third-order valence-electron chi connectivity index (χ3n) is 33.1. The minimum absolute atomic E-state index is 0.166. The van der Waals surface area contributed by atoms with Crippen LogP contribution in [0.1, 0.15) is 263 Å². The Kier molecular flexibility index (Phi) is 22.5. The Morgan fingerprint density at radius 1 is 0.515 bits per heavy atom. The van der Waals surface area contributed by atoms with Gasteiger partial charge in [0.2, 0.25) is 0 Å². The highest BCUT2D eigenvalue weighted by atomic mass is 16.8. The third kappa shape index (κ3) is 13.2. The van der Waals surface area contributed by atoms with Crippen LogP contribution < -0.4 is 17.2 Å². The number of aromatic nitrogens is 2. The van der Waals surface area contributed by atoms with Gasteiger partial charge in [0.1, 0.15) is 11.7 Å². The predicted octanol–water partition coefficient (Wildman–Crippen LogP) is 13.6. The highest BCUT2D eigenvalue weighted by molar-refractivity contribution is 5.80. The average Bonchev–Trinajstić information content (AvgIpc) is 1.71. The summed E-state index contributed by atoms with van der Waals surface area (Å²) in [6.45, 7) is 30.3. The summed E-state index contributed by atoms with van der Waals surface area (Å²) in [5.74, 6) is 10.2. The summed E-state index contributed by atoms with van der Waals surface area (Å²) >= 11 is 0. The molecule has 12 fully saturated rings. The summed E-state index contributed by atoms with van der Waals surface area (Å²) in [5.41, 5.74) is 13.3. The van der Waals surface area contributed by atoms with Gasteiger partial charge in [-0.05, 0) is 299 Å². The number of fused-ring (bicyclic) bond motifs is 15. The van der Waals surface area contributed by atoms with Gasteiger partial charge in [-0.3, -0.25) is 14.3 Å². The molecule has 0 aromatic carbocycles. The van der Waals surface area contributed by atoms with Crippen LogP contribution in [0.4, 0.5) is 4.79 Å². The Balaban J connectivity index is 0.000000148. The molecule has 0 aliphatic heterocycles. The van der Waals surface area contributed by atoms with Crippen molar-refractivity contribution in [2.75, 3.05) is 6.61 Å². The second kappa shape index (κ2) is 29.1. The van der Waals surface area contributed by atoms with E-state index in [4.69, 9.17) is 30.8 Å². The number of carbonyl (C=O) groups excluding carboxylic acids is 1. The number of carbonyl (C=O) groups is 1. The second-order valence-electron chi connectivity index (χ2n) is 36.9. The number of amidine groups is 2. The van der Waals surface area contributed by atoms with E-state index in [0.717, 1.165) is 103 Å². The van der Waals surface area contributed by atoms with Gasteiger partial charge in [-0.25, -0.2) is 9.59 Å². The maximum Gasteiger partial charge on any atom is 0.535 e. The Morgan fingerprint density at radius 3 is 1.19 bits per heavy atom. The zero-order chi connectivity index (χ0) is 70.2. The van der Waals surface area contributed by atoms with Gasteiger partial charge in [0.25, 0.3) is 0 Å². The van der Waals surface area contributed by atoms with Gasteiger partial charge in [-0.2, -0.15) is 0 Å². The number of nitrogens with one attached hydrogen (secondary N) is 1. The number of aliphatic hydroxyl groups excluding tert-OH is 6. The van der Waals surface area contributed by atoms with Crippen LogP contribution >= 0.6 is 0 Å². The van der Waals surface area contributed by atoms with E-state index in [0.29, 0.717) is 149 Å². The number of oxime groups is 2. The van der Waals surface area contributed by atoms with Crippen LogP contribution in [0.15, 0.2) is 19.6 Å². The first-order valence-electron chi connectivity index (χ1n) is 39.7. The van der Waals surface area contributed by atoms with Crippen LogP contribution in [0.25, 0.3) is 0 Å². The SMILES string of the molecule is CCOC(=O)ON=C(N)C[C@@H](C)[C@H]1CCC2C3C(CC[C@@]21C)[C@@]1(C)CC[C@@H](O)C[C@H]1[C@@H](CC)[C@H]3O.CC[C@H]1[C@@H](O)C2C3CC[C@H]([C@H](C)CC(N)=NO)[C@@]3(C)CCC2[C@@]2(C)CC[C@@H](O)C[C@@H]12.CC[C@H]1[C@@H](O)C2C3CC[C@H]([C@H](C)Cc4noc(=O)[nH]4)[C@@]3(C)CCC2[C@@]2(C)CC[C@@H](O)C[C@@H]12. The molecule has 1 heterocycles. The lowest BCUT2D eigenvalue weighted by Crippen LogP contribution is -2.62. The lowest BCUT2D eigenvalue weighted by molar-refractivity contribution is -0.203.